The number of methoxy groups -OCH3 is 3. The number of rotatable bonds is 10. The number of allylic oxidation sites excluding steroid dienone is 1. The van der Waals surface area contributed by atoms with Gasteiger partial charge in [-0.1, -0.05) is 44.5 Å². The van der Waals surface area contributed by atoms with E-state index in [1.165, 1.54) is 51.7 Å². The van der Waals surface area contributed by atoms with E-state index in [2.05, 4.69) is 5.32 Å². The third kappa shape index (κ3) is 6.57. The molecule has 0 saturated carbocycles. The fraction of sp³-hybridized carbons (Fsp3) is 0.452. The van der Waals surface area contributed by atoms with Crippen LogP contribution >= 0.6 is 11.6 Å². The molecule has 15 heteroatoms. The lowest BCUT2D eigenvalue weighted by Gasteiger charge is -2.44. The Labute approximate surface area is 334 Å². The number of ketones is 2. The van der Waals surface area contributed by atoms with Crippen molar-refractivity contribution >= 4 is 35.0 Å². The topological polar surface area (TPSA) is 183 Å². The number of likely N-dealkylation sites (tertiary alicyclic amines) is 1. The molecule has 0 radical (unpaired) electrons. The minimum Gasteiger partial charge on any atom is -0.507 e. The van der Waals surface area contributed by atoms with Crippen LogP contribution in [0, 0.1) is 17.8 Å². The number of pyridine rings is 1. The molecule has 1 saturated heterocycles. The number of phenols is 1. The Balaban J connectivity index is 1.24. The standard InChI is InChI=1S/C42H46ClN3O11/c1-20(2)37(41(53)45-17-22-13-24(19-45)26-8-7-9-33(50)46(26)18-22)44-32(49)15-25(23-10-11-27(47)29(14-23)54-4)34-28(48)12-21(3)42(39(34)51)40(52)35-30(55-5)16-31(56-6)36(43)38(35)57-42/h7-11,14,16,20-22,24-25,37,47,51H,12-13,15,17-19H2,1-6H3,(H,44,49)/t21-,22?,24?,25?,37+,42+/m1/s1. The maximum Gasteiger partial charge on any atom is 0.250 e. The van der Waals surface area contributed by atoms with E-state index in [4.69, 9.17) is 30.5 Å². The van der Waals surface area contributed by atoms with E-state index in [-0.39, 0.29) is 80.5 Å². The number of carbonyl (C=O) groups is 4. The SMILES string of the molecule is COc1cc(C(CC(=O)N[C@H](C(=O)N2CC3CC(C2)c2cccc(=O)n2C3)C(C)C)C2=C(O)[C@@]3(Oc4c(Cl)c(OC)cc(OC)c4C3=O)[C@H](C)CC2=O)ccc1O. The number of phenolic OH excluding ortho intramolecular Hbond substituents is 1. The minimum absolute atomic E-state index is 0.0303. The van der Waals surface area contributed by atoms with Crippen molar-refractivity contribution in [2.75, 3.05) is 34.4 Å². The van der Waals surface area contributed by atoms with Crippen LogP contribution in [0.2, 0.25) is 5.02 Å². The van der Waals surface area contributed by atoms with E-state index in [0.717, 1.165) is 12.1 Å². The molecule has 2 aromatic carbocycles. The van der Waals surface area contributed by atoms with Gasteiger partial charge in [-0.25, -0.2) is 0 Å². The summed E-state index contributed by atoms with van der Waals surface area (Å²) < 4.78 is 24.4. The highest BCUT2D eigenvalue weighted by Crippen LogP contribution is 2.56. The molecular formula is C42H46ClN3O11. The fourth-order valence-electron chi connectivity index (χ4n) is 9.04. The Morgan fingerprint density at radius 1 is 0.982 bits per heavy atom. The number of piperidine rings is 1. The van der Waals surface area contributed by atoms with Crippen molar-refractivity contribution in [3.63, 3.8) is 0 Å². The highest BCUT2D eigenvalue weighted by Gasteiger charge is 2.61. The number of hydrogen-bond acceptors (Lipinski definition) is 11. The van der Waals surface area contributed by atoms with Gasteiger partial charge in [0.25, 0.3) is 5.56 Å². The number of benzene rings is 2. The van der Waals surface area contributed by atoms with E-state index in [0.29, 0.717) is 25.2 Å². The van der Waals surface area contributed by atoms with Crippen LogP contribution in [0.4, 0.5) is 0 Å². The number of amides is 2. The predicted octanol–water partition coefficient (Wildman–Crippen LogP) is 4.93. The number of Topliss-reactive ketones (excluding diaryl/α,β-unsaturated/α-hetero) is 2. The van der Waals surface area contributed by atoms with Crippen LogP contribution in [0.5, 0.6) is 28.7 Å². The van der Waals surface area contributed by atoms with Crippen LogP contribution in [-0.4, -0.2) is 89.1 Å². The molecule has 14 nitrogen and oxygen atoms in total. The lowest BCUT2D eigenvalue weighted by atomic mass is 9.69. The molecule has 1 spiro atoms. The number of aliphatic hydroxyl groups excluding tert-OH is 1. The summed E-state index contributed by atoms with van der Waals surface area (Å²) in [5.41, 5.74) is -1.26. The van der Waals surface area contributed by atoms with E-state index in [9.17, 15) is 34.2 Å². The summed E-state index contributed by atoms with van der Waals surface area (Å²) in [7, 11) is 4.09. The lowest BCUT2D eigenvalue weighted by Crippen LogP contribution is -2.56. The molecule has 4 aliphatic rings. The van der Waals surface area contributed by atoms with Gasteiger partial charge < -0.3 is 43.9 Å². The summed E-state index contributed by atoms with van der Waals surface area (Å²) in [6.07, 6.45) is 0.157. The molecule has 302 valence electrons. The molecule has 2 amide bonds. The highest BCUT2D eigenvalue weighted by atomic mass is 35.5. The van der Waals surface area contributed by atoms with Crippen LogP contribution in [0.3, 0.4) is 0 Å². The Kier molecular flexibility index (Phi) is 10.5. The molecule has 1 aromatic heterocycles. The zero-order valence-electron chi connectivity index (χ0n) is 32.6. The molecule has 3 unspecified atom stereocenters. The summed E-state index contributed by atoms with van der Waals surface area (Å²) in [5, 5.41) is 25.7. The summed E-state index contributed by atoms with van der Waals surface area (Å²) in [6.45, 7) is 6.57. The zero-order valence-corrected chi connectivity index (χ0v) is 33.3. The van der Waals surface area contributed by atoms with Gasteiger partial charge in [-0.15, -0.1) is 0 Å². The number of ether oxygens (including phenoxy) is 4. The first-order valence-electron chi connectivity index (χ1n) is 18.9. The number of aliphatic hydroxyl groups is 1. The maximum absolute atomic E-state index is 14.5. The number of aromatic hydroxyl groups is 1. The van der Waals surface area contributed by atoms with Crippen molar-refractivity contribution in [3.8, 4) is 28.7 Å². The number of halogens is 1. The molecule has 7 rings (SSSR count). The molecule has 1 fully saturated rings. The molecule has 3 aliphatic heterocycles. The first-order valence-corrected chi connectivity index (χ1v) is 19.3. The quantitative estimate of drug-likeness (QED) is 0.253. The van der Waals surface area contributed by atoms with Gasteiger partial charge in [-0.05, 0) is 42.0 Å². The number of nitrogens with zero attached hydrogens (tertiary/aromatic N) is 2. The van der Waals surface area contributed by atoms with E-state index >= 15 is 0 Å². The normalized spacial score (nSPS) is 23.4. The van der Waals surface area contributed by atoms with Crippen LogP contribution in [0.1, 0.15) is 73.5 Å². The van der Waals surface area contributed by atoms with Crippen LogP contribution < -0.4 is 29.8 Å². The summed E-state index contributed by atoms with van der Waals surface area (Å²) in [6, 6.07) is 9.96. The monoisotopic (exact) mass is 803 g/mol. The Morgan fingerprint density at radius 3 is 2.39 bits per heavy atom. The first-order chi connectivity index (χ1) is 27.1. The van der Waals surface area contributed by atoms with Gasteiger partial charge in [0.2, 0.25) is 23.2 Å². The van der Waals surface area contributed by atoms with Crippen LogP contribution in [0.25, 0.3) is 0 Å². The Bertz CT molecular complexity index is 2270. The second-order valence-electron chi connectivity index (χ2n) is 15.7. The van der Waals surface area contributed by atoms with Crippen molar-refractivity contribution < 1.29 is 48.3 Å². The first kappa shape index (κ1) is 39.7. The molecular weight excluding hydrogens is 758 g/mol. The van der Waals surface area contributed by atoms with Gasteiger partial charge in [0.15, 0.2) is 28.8 Å². The smallest absolute Gasteiger partial charge is 0.250 e. The number of carbonyl (C=O) groups excluding carboxylic acids is 4. The molecule has 1 aliphatic carbocycles. The molecule has 57 heavy (non-hydrogen) atoms. The van der Waals surface area contributed by atoms with Crippen molar-refractivity contribution in [2.45, 2.75) is 70.1 Å². The van der Waals surface area contributed by atoms with Gasteiger partial charge in [0.1, 0.15) is 28.1 Å². The second kappa shape index (κ2) is 15.1. The molecule has 4 heterocycles. The summed E-state index contributed by atoms with van der Waals surface area (Å²) in [5.74, 6) is -5.16. The largest absolute Gasteiger partial charge is 0.507 e. The Hall–Kier alpha value is -5.50. The third-order valence-electron chi connectivity index (χ3n) is 11.9. The minimum atomic E-state index is -2.11. The van der Waals surface area contributed by atoms with Gasteiger partial charge in [0, 0.05) is 73.6 Å². The number of fused-ring (bicyclic) bond motifs is 5. The van der Waals surface area contributed by atoms with Crippen LogP contribution in [-0.2, 0) is 20.9 Å². The van der Waals surface area contributed by atoms with Gasteiger partial charge >= 0.3 is 0 Å². The molecule has 3 aromatic rings. The van der Waals surface area contributed by atoms with Gasteiger partial charge in [-0.3, -0.25) is 24.0 Å². The van der Waals surface area contributed by atoms with E-state index < -0.39 is 53.1 Å². The molecule has 6 atom stereocenters. The average molecular weight is 804 g/mol. The maximum atomic E-state index is 14.5. The second-order valence-corrected chi connectivity index (χ2v) is 16.1. The van der Waals surface area contributed by atoms with E-state index in [1.807, 2.05) is 19.9 Å². The van der Waals surface area contributed by atoms with Crippen LogP contribution in [0.15, 0.2) is 58.6 Å². The van der Waals surface area contributed by atoms with Gasteiger partial charge in [-0.2, -0.15) is 0 Å². The average Bonchev–Trinajstić information content (AvgIpc) is 3.50. The Morgan fingerprint density at radius 2 is 1.70 bits per heavy atom. The predicted molar refractivity (Wildman–Crippen MR) is 208 cm³/mol. The fourth-order valence-corrected chi connectivity index (χ4v) is 9.31. The van der Waals surface area contributed by atoms with Crippen molar-refractivity contribution in [1.82, 2.24) is 14.8 Å². The summed E-state index contributed by atoms with van der Waals surface area (Å²) >= 11 is 6.64. The number of hydrogen-bond donors (Lipinski definition) is 3. The van der Waals surface area contributed by atoms with Gasteiger partial charge in [0.05, 0.1) is 21.3 Å². The number of aromatic nitrogens is 1. The molecule has 2 bridgehead atoms. The highest BCUT2D eigenvalue weighted by molar-refractivity contribution is 6.35. The molecule has 3 N–H and O–H groups in total. The van der Waals surface area contributed by atoms with E-state index in [1.54, 1.807) is 22.5 Å². The third-order valence-corrected chi connectivity index (χ3v) is 12.3. The number of nitrogens with one attached hydrogen (secondary N) is 1. The zero-order chi connectivity index (χ0) is 41.1. The lowest BCUT2D eigenvalue weighted by molar-refractivity contribution is -0.140. The summed E-state index contributed by atoms with van der Waals surface area (Å²) in [4.78, 5) is 71.5. The van der Waals surface area contributed by atoms with Crippen molar-refractivity contribution in [3.05, 3.63) is 86.0 Å². The van der Waals surface area contributed by atoms with Crippen molar-refractivity contribution in [2.24, 2.45) is 17.8 Å². The van der Waals surface area contributed by atoms with Crippen molar-refractivity contribution in [1.29, 1.82) is 0 Å².